The standard InChI is InChI=1S/C25H26F2N4O5/c1-34-15-17(13-16-5-3-2-4-6-16)31-22(32)20-11-12-30(14-21(20)29-24(31)28)25(33)36-19-9-7-18(8-10-19)35-23(26)27/h2-10,17,23H,11-15H2,1H3,(H2,28,29)/t17-/m0/s1. The Hall–Kier alpha value is -3.99. The second kappa shape index (κ2) is 11.2. The fourth-order valence-electron chi connectivity index (χ4n) is 4.19. The summed E-state index contributed by atoms with van der Waals surface area (Å²) in [6.07, 6.45) is 0.163. The number of fused-ring (bicyclic) bond motifs is 1. The van der Waals surface area contributed by atoms with E-state index in [-0.39, 0.29) is 55.2 Å². The number of nitrogen functional groups attached to an aromatic ring is 1. The molecule has 1 aromatic heterocycles. The Bertz CT molecular complexity index is 1250. The number of amides is 1. The lowest BCUT2D eigenvalue weighted by atomic mass is 10.0. The van der Waals surface area contributed by atoms with Gasteiger partial charge >= 0.3 is 12.7 Å². The Kier molecular flexibility index (Phi) is 7.79. The minimum atomic E-state index is -2.94. The highest BCUT2D eigenvalue weighted by Crippen LogP contribution is 2.23. The number of rotatable bonds is 8. The summed E-state index contributed by atoms with van der Waals surface area (Å²) in [7, 11) is 1.56. The molecule has 2 heterocycles. The number of hydrogen-bond acceptors (Lipinski definition) is 7. The topological polar surface area (TPSA) is 109 Å². The lowest BCUT2D eigenvalue weighted by Gasteiger charge is -2.29. The van der Waals surface area contributed by atoms with E-state index in [0.29, 0.717) is 17.7 Å². The number of methoxy groups -OCH3 is 1. The van der Waals surface area contributed by atoms with Crippen LogP contribution in [0.5, 0.6) is 11.5 Å². The molecule has 36 heavy (non-hydrogen) atoms. The molecular weight excluding hydrogens is 474 g/mol. The van der Waals surface area contributed by atoms with Crippen molar-refractivity contribution in [2.45, 2.75) is 32.0 Å². The van der Waals surface area contributed by atoms with E-state index in [1.54, 1.807) is 7.11 Å². The molecule has 1 amide bonds. The van der Waals surface area contributed by atoms with Crippen molar-refractivity contribution in [1.29, 1.82) is 0 Å². The van der Waals surface area contributed by atoms with E-state index < -0.39 is 12.7 Å². The number of ether oxygens (including phenoxy) is 3. The number of hydrogen-bond donors (Lipinski definition) is 1. The molecule has 9 nitrogen and oxygen atoms in total. The van der Waals surface area contributed by atoms with Crippen LogP contribution < -0.4 is 20.8 Å². The summed E-state index contributed by atoms with van der Waals surface area (Å²) in [4.78, 5) is 31.9. The quantitative estimate of drug-likeness (QED) is 0.505. The maximum Gasteiger partial charge on any atom is 0.415 e. The third kappa shape index (κ3) is 5.80. The van der Waals surface area contributed by atoms with Gasteiger partial charge in [0.2, 0.25) is 5.95 Å². The highest BCUT2D eigenvalue weighted by Gasteiger charge is 2.28. The zero-order chi connectivity index (χ0) is 25.7. The molecule has 0 spiro atoms. The number of nitrogens with zero attached hydrogens (tertiary/aromatic N) is 3. The average Bonchev–Trinajstić information content (AvgIpc) is 2.85. The van der Waals surface area contributed by atoms with E-state index in [2.05, 4.69) is 9.72 Å². The van der Waals surface area contributed by atoms with Crippen LogP contribution in [0, 0.1) is 0 Å². The van der Waals surface area contributed by atoms with Crippen LogP contribution in [0.4, 0.5) is 19.5 Å². The first-order valence-corrected chi connectivity index (χ1v) is 11.3. The van der Waals surface area contributed by atoms with Crippen molar-refractivity contribution in [3.05, 3.63) is 81.8 Å². The molecule has 1 aliphatic heterocycles. The Morgan fingerprint density at radius 3 is 2.47 bits per heavy atom. The van der Waals surface area contributed by atoms with Crippen LogP contribution in [0.2, 0.25) is 0 Å². The molecule has 1 aliphatic rings. The van der Waals surface area contributed by atoms with Crippen molar-refractivity contribution in [1.82, 2.24) is 14.5 Å². The molecule has 4 rings (SSSR count). The Labute approximate surface area is 206 Å². The largest absolute Gasteiger partial charge is 0.435 e. The Balaban J connectivity index is 1.50. The number of alkyl halides is 2. The predicted molar refractivity (Wildman–Crippen MR) is 127 cm³/mol. The van der Waals surface area contributed by atoms with Gasteiger partial charge in [0.05, 0.1) is 24.9 Å². The number of carbonyl (C=O) groups is 1. The molecule has 0 saturated heterocycles. The van der Waals surface area contributed by atoms with E-state index in [1.807, 2.05) is 30.3 Å². The first-order chi connectivity index (χ1) is 17.4. The summed E-state index contributed by atoms with van der Waals surface area (Å²) in [5.41, 5.74) is 7.91. The van der Waals surface area contributed by atoms with Crippen LogP contribution in [0.25, 0.3) is 0 Å². The zero-order valence-corrected chi connectivity index (χ0v) is 19.6. The van der Waals surface area contributed by atoms with Crippen molar-refractivity contribution in [3.8, 4) is 11.5 Å². The Morgan fingerprint density at radius 2 is 1.81 bits per heavy atom. The maximum absolute atomic E-state index is 13.4. The van der Waals surface area contributed by atoms with E-state index in [4.69, 9.17) is 15.2 Å². The first-order valence-electron chi connectivity index (χ1n) is 11.3. The van der Waals surface area contributed by atoms with Gasteiger partial charge in [-0.25, -0.2) is 9.78 Å². The van der Waals surface area contributed by atoms with Crippen molar-refractivity contribution in [2.75, 3.05) is 26.0 Å². The van der Waals surface area contributed by atoms with Gasteiger partial charge in [-0.3, -0.25) is 9.36 Å². The van der Waals surface area contributed by atoms with Gasteiger partial charge in [-0.1, -0.05) is 30.3 Å². The molecule has 190 valence electrons. The van der Waals surface area contributed by atoms with Crippen LogP contribution in [-0.4, -0.2) is 47.4 Å². The lowest BCUT2D eigenvalue weighted by molar-refractivity contribution is -0.0498. The molecule has 3 aromatic rings. The Morgan fingerprint density at radius 1 is 1.11 bits per heavy atom. The number of aromatic nitrogens is 2. The number of nitrogens with two attached hydrogens (primary N) is 1. The van der Waals surface area contributed by atoms with Gasteiger partial charge in [-0.15, -0.1) is 0 Å². The number of anilines is 1. The van der Waals surface area contributed by atoms with Gasteiger partial charge in [0.15, 0.2) is 0 Å². The maximum atomic E-state index is 13.4. The molecule has 2 N–H and O–H groups in total. The van der Waals surface area contributed by atoms with E-state index in [9.17, 15) is 18.4 Å². The number of benzene rings is 2. The third-order valence-corrected chi connectivity index (χ3v) is 5.84. The SMILES string of the molecule is COC[C@H](Cc1ccccc1)n1c(N)nc2c(c1=O)CCN(C(=O)Oc1ccc(OC(F)F)cc1)C2. The van der Waals surface area contributed by atoms with Crippen LogP contribution in [-0.2, 0) is 24.1 Å². The highest BCUT2D eigenvalue weighted by atomic mass is 19.3. The fraction of sp³-hybridized carbons (Fsp3) is 0.320. The molecule has 0 unspecified atom stereocenters. The molecule has 1 atom stereocenters. The van der Waals surface area contributed by atoms with Crippen molar-refractivity contribution >= 4 is 12.0 Å². The fourth-order valence-corrected chi connectivity index (χ4v) is 4.19. The summed E-state index contributed by atoms with van der Waals surface area (Å²) >= 11 is 0. The second-order valence-electron chi connectivity index (χ2n) is 8.26. The highest BCUT2D eigenvalue weighted by molar-refractivity contribution is 5.71. The normalized spacial score (nSPS) is 13.8. The van der Waals surface area contributed by atoms with Crippen LogP contribution in [0.1, 0.15) is 22.9 Å². The van der Waals surface area contributed by atoms with Crippen molar-refractivity contribution in [2.24, 2.45) is 0 Å². The van der Waals surface area contributed by atoms with Gasteiger partial charge < -0.3 is 24.8 Å². The monoisotopic (exact) mass is 500 g/mol. The minimum absolute atomic E-state index is 0.0431. The summed E-state index contributed by atoms with van der Waals surface area (Å²) in [6.45, 7) is -2.37. The average molecular weight is 501 g/mol. The van der Waals surface area contributed by atoms with Crippen LogP contribution >= 0.6 is 0 Å². The summed E-state index contributed by atoms with van der Waals surface area (Å²) in [5.74, 6) is 0.159. The molecule has 0 saturated carbocycles. The van der Waals surface area contributed by atoms with E-state index >= 15 is 0 Å². The van der Waals surface area contributed by atoms with E-state index in [1.165, 1.54) is 33.7 Å². The molecule has 11 heteroatoms. The minimum Gasteiger partial charge on any atom is -0.435 e. The van der Waals surface area contributed by atoms with Crippen LogP contribution in [0.3, 0.4) is 0 Å². The van der Waals surface area contributed by atoms with Gasteiger partial charge in [0.25, 0.3) is 5.56 Å². The molecular formula is C25H26F2N4O5. The number of carbonyl (C=O) groups excluding carboxylic acids is 1. The summed E-state index contributed by atoms with van der Waals surface area (Å²) in [5, 5.41) is 0. The number of halogens is 2. The summed E-state index contributed by atoms with van der Waals surface area (Å²) in [6, 6.07) is 14.6. The first kappa shape index (κ1) is 25.1. The smallest absolute Gasteiger partial charge is 0.415 e. The zero-order valence-electron chi connectivity index (χ0n) is 19.6. The molecule has 0 aliphatic carbocycles. The third-order valence-electron chi connectivity index (χ3n) is 5.84. The van der Waals surface area contributed by atoms with E-state index in [0.717, 1.165) is 5.56 Å². The van der Waals surface area contributed by atoms with Gasteiger partial charge in [0, 0.05) is 19.2 Å². The van der Waals surface area contributed by atoms with Crippen molar-refractivity contribution < 1.29 is 27.8 Å². The lowest BCUT2D eigenvalue weighted by Crippen LogP contribution is -2.43. The van der Waals surface area contributed by atoms with Gasteiger partial charge in [0.1, 0.15) is 11.5 Å². The molecule has 0 fully saturated rings. The second-order valence-corrected chi connectivity index (χ2v) is 8.26. The molecule has 0 bridgehead atoms. The van der Waals surface area contributed by atoms with Gasteiger partial charge in [-0.2, -0.15) is 8.78 Å². The van der Waals surface area contributed by atoms with Crippen LogP contribution in [0.15, 0.2) is 59.4 Å². The molecule has 0 radical (unpaired) electrons. The summed E-state index contributed by atoms with van der Waals surface area (Å²) < 4.78 is 41.0. The predicted octanol–water partition coefficient (Wildman–Crippen LogP) is 3.41. The van der Waals surface area contributed by atoms with Gasteiger partial charge in [-0.05, 0) is 42.7 Å². The molecule has 2 aromatic carbocycles. The van der Waals surface area contributed by atoms with Crippen molar-refractivity contribution in [3.63, 3.8) is 0 Å².